The molecule has 0 fully saturated rings. The van der Waals surface area contributed by atoms with E-state index < -0.39 is 19.7 Å². The first kappa shape index (κ1) is 19.9. The maximum Gasteiger partial charge on any atom is 0.177 e. The molecular formula is C19H24N2O4S2. The molecule has 2 aromatic rings. The van der Waals surface area contributed by atoms with E-state index in [1.807, 2.05) is 12.1 Å². The quantitative estimate of drug-likeness (QED) is 0.819. The van der Waals surface area contributed by atoms with Gasteiger partial charge in [-0.1, -0.05) is 19.1 Å². The molecule has 0 bridgehead atoms. The van der Waals surface area contributed by atoms with Gasteiger partial charge in [0.15, 0.2) is 19.7 Å². The van der Waals surface area contributed by atoms with Crippen LogP contribution in [0.3, 0.4) is 0 Å². The molecule has 8 heteroatoms. The summed E-state index contributed by atoms with van der Waals surface area (Å²) < 4.78 is 48.1. The second-order valence-corrected chi connectivity index (χ2v) is 10.9. The topological polar surface area (TPSA) is 83.6 Å². The molecule has 1 heterocycles. The minimum Gasteiger partial charge on any atom is -0.354 e. The van der Waals surface area contributed by atoms with Crippen LogP contribution in [-0.4, -0.2) is 47.3 Å². The molecule has 6 nitrogen and oxygen atoms in total. The van der Waals surface area contributed by atoms with Crippen molar-refractivity contribution in [2.45, 2.75) is 29.7 Å². The Morgan fingerprint density at radius 3 is 2.37 bits per heavy atom. The minimum absolute atomic E-state index is 0.0119. The molecule has 0 aromatic heterocycles. The average molecular weight is 409 g/mol. The van der Waals surface area contributed by atoms with Gasteiger partial charge in [-0.15, -0.1) is 0 Å². The Morgan fingerprint density at radius 2 is 1.74 bits per heavy atom. The number of hydrogen-bond donors (Lipinski definition) is 1. The van der Waals surface area contributed by atoms with Crippen molar-refractivity contribution in [2.24, 2.45) is 0 Å². The number of fused-ring (bicyclic) bond motifs is 1. The van der Waals surface area contributed by atoms with E-state index in [2.05, 4.69) is 23.2 Å². The molecule has 3 rings (SSSR count). The summed E-state index contributed by atoms with van der Waals surface area (Å²) in [7, 11) is -7.10. The van der Waals surface area contributed by atoms with Crippen LogP contribution in [0.15, 0.2) is 46.2 Å². The molecular weight excluding hydrogens is 384 g/mol. The van der Waals surface area contributed by atoms with Crippen molar-refractivity contribution in [3.05, 3.63) is 47.5 Å². The molecule has 0 saturated carbocycles. The monoisotopic (exact) mass is 408 g/mol. The molecule has 2 aromatic carbocycles. The molecule has 0 atom stereocenters. The van der Waals surface area contributed by atoms with Crippen molar-refractivity contribution in [1.29, 1.82) is 0 Å². The van der Waals surface area contributed by atoms with Crippen LogP contribution in [0.1, 0.15) is 18.1 Å². The van der Waals surface area contributed by atoms with Gasteiger partial charge in [-0.3, -0.25) is 4.90 Å². The maximum atomic E-state index is 12.3. The second kappa shape index (κ2) is 7.26. The fourth-order valence-corrected chi connectivity index (χ4v) is 4.92. The van der Waals surface area contributed by atoms with Gasteiger partial charge in [-0.25, -0.2) is 16.8 Å². The fourth-order valence-electron chi connectivity index (χ4n) is 3.34. The van der Waals surface area contributed by atoms with E-state index in [-0.39, 0.29) is 9.79 Å². The van der Waals surface area contributed by atoms with Crippen molar-refractivity contribution in [3.63, 3.8) is 0 Å². The lowest BCUT2D eigenvalue weighted by Gasteiger charge is -2.29. The lowest BCUT2D eigenvalue weighted by molar-refractivity contribution is 0.268. The van der Waals surface area contributed by atoms with Crippen LogP contribution in [0.4, 0.5) is 11.4 Å². The molecule has 1 aliphatic heterocycles. The van der Waals surface area contributed by atoms with Crippen LogP contribution in [0.25, 0.3) is 0 Å². The summed E-state index contributed by atoms with van der Waals surface area (Å²) >= 11 is 0. The summed E-state index contributed by atoms with van der Waals surface area (Å²) in [5.74, 6) is 0. The van der Waals surface area contributed by atoms with Gasteiger partial charge < -0.3 is 5.32 Å². The van der Waals surface area contributed by atoms with Crippen LogP contribution in [0, 0.1) is 0 Å². The summed E-state index contributed by atoms with van der Waals surface area (Å²) in [4.78, 5) is 2.32. The standard InChI is InChI=1S/C19H24N2O4S2/c1-4-21-11-10-16-14(13-21)6-5-7-17(16)20-18-9-8-15(26(2,22)23)12-19(18)27(3,24)25/h5-9,12,20H,4,10-11,13H2,1-3H3. The molecule has 27 heavy (non-hydrogen) atoms. The first-order valence-electron chi connectivity index (χ1n) is 8.74. The number of rotatable bonds is 5. The van der Waals surface area contributed by atoms with Gasteiger partial charge in [0.1, 0.15) is 0 Å². The highest BCUT2D eigenvalue weighted by atomic mass is 32.2. The zero-order valence-corrected chi connectivity index (χ0v) is 17.3. The van der Waals surface area contributed by atoms with Crippen LogP contribution >= 0.6 is 0 Å². The SMILES string of the molecule is CCN1CCc2c(cccc2Nc2ccc(S(C)(=O)=O)cc2S(C)(=O)=O)C1. The Morgan fingerprint density at radius 1 is 1.00 bits per heavy atom. The molecule has 0 saturated heterocycles. The number of likely N-dealkylation sites (N-methyl/N-ethyl adjacent to an activating group) is 1. The number of nitrogens with one attached hydrogen (secondary N) is 1. The number of sulfone groups is 2. The second-order valence-electron chi connectivity index (χ2n) is 6.89. The fraction of sp³-hybridized carbons (Fsp3) is 0.368. The van der Waals surface area contributed by atoms with Crippen LogP contribution in [0.5, 0.6) is 0 Å². The number of benzene rings is 2. The number of hydrogen-bond acceptors (Lipinski definition) is 6. The molecule has 1 aliphatic rings. The highest BCUT2D eigenvalue weighted by Crippen LogP contribution is 2.32. The molecule has 0 unspecified atom stereocenters. The zero-order chi connectivity index (χ0) is 19.8. The van der Waals surface area contributed by atoms with Crippen LogP contribution in [0.2, 0.25) is 0 Å². The first-order valence-corrected chi connectivity index (χ1v) is 12.5. The predicted octanol–water partition coefficient (Wildman–Crippen LogP) is 2.62. The zero-order valence-electron chi connectivity index (χ0n) is 15.7. The van der Waals surface area contributed by atoms with Gasteiger partial charge in [0, 0.05) is 31.3 Å². The van der Waals surface area contributed by atoms with E-state index in [9.17, 15) is 16.8 Å². The third kappa shape index (κ3) is 4.34. The van der Waals surface area contributed by atoms with Crippen molar-refractivity contribution < 1.29 is 16.8 Å². The Kier molecular flexibility index (Phi) is 5.33. The van der Waals surface area contributed by atoms with Crippen molar-refractivity contribution >= 4 is 31.0 Å². The van der Waals surface area contributed by atoms with E-state index in [0.29, 0.717) is 5.69 Å². The highest BCUT2D eigenvalue weighted by molar-refractivity contribution is 7.91. The van der Waals surface area contributed by atoms with Gasteiger partial charge in [-0.2, -0.15) is 0 Å². The van der Waals surface area contributed by atoms with E-state index in [1.54, 1.807) is 0 Å². The van der Waals surface area contributed by atoms with Crippen LogP contribution in [-0.2, 0) is 32.6 Å². The van der Waals surface area contributed by atoms with Gasteiger partial charge in [0.05, 0.1) is 15.5 Å². The summed E-state index contributed by atoms with van der Waals surface area (Å²) in [6.07, 6.45) is 3.02. The van der Waals surface area contributed by atoms with Crippen molar-refractivity contribution in [2.75, 3.05) is 30.9 Å². The first-order chi connectivity index (χ1) is 12.6. The number of anilines is 2. The van der Waals surface area contributed by atoms with Crippen molar-refractivity contribution in [1.82, 2.24) is 4.90 Å². The normalized spacial score (nSPS) is 15.4. The molecule has 0 amide bonds. The van der Waals surface area contributed by atoms with E-state index in [1.165, 1.54) is 29.3 Å². The Balaban J connectivity index is 2.05. The third-order valence-corrected chi connectivity index (χ3v) is 7.09. The third-order valence-electron chi connectivity index (χ3n) is 4.84. The Bertz CT molecular complexity index is 1080. The van der Waals surface area contributed by atoms with Crippen LogP contribution < -0.4 is 5.32 Å². The van der Waals surface area contributed by atoms with E-state index in [4.69, 9.17) is 0 Å². The Labute approximate surface area is 161 Å². The molecule has 0 radical (unpaired) electrons. The summed E-state index contributed by atoms with van der Waals surface area (Å²) in [5.41, 5.74) is 3.65. The molecule has 0 spiro atoms. The van der Waals surface area contributed by atoms with E-state index >= 15 is 0 Å². The van der Waals surface area contributed by atoms with Crippen molar-refractivity contribution in [3.8, 4) is 0 Å². The average Bonchev–Trinajstić information content (AvgIpc) is 2.60. The smallest absolute Gasteiger partial charge is 0.177 e. The lowest BCUT2D eigenvalue weighted by Crippen LogP contribution is -2.30. The largest absolute Gasteiger partial charge is 0.354 e. The van der Waals surface area contributed by atoms with Gasteiger partial charge in [-0.05, 0) is 48.4 Å². The molecule has 0 aliphatic carbocycles. The van der Waals surface area contributed by atoms with Gasteiger partial charge >= 0.3 is 0 Å². The summed E-state index contributed by atoms with van der Waals surface area (Å²) in [6, 6.07) is 10.1. The molecule has 1 N–H and O–H groups in total. The molecule has 146 valence electrons. The highest BCUT2D eigenvalue weighted by Gasteiger charge is 2.21. The summed E-state index contributed by atoms with van der Waals surface area (Å²) in [5, 5.41) is 3.23. The number of nitrogens with zero attached hydrogens (tertiary/aromatic N) is 1. The predicted molar refractivity (Wildman–Crippen MR) is 107 cm³/mol. The van der Waals surface area contributed by atoms with E-state index in [0.717, 1.165) is 44.3 Å². The maximum absolute atomic E-state index is 12.3. The Hall–Kier alpha value is -1.90. The van der Waals surface area contributed by atoms with Gasteiger partial charge in [0.25, 0.3) is 0 Å². The minimum atomic E-state index is -3.61. The lowest BCUT2D eigenvalue weighted by atomic mass is 9.97. The summed E-state index contributed by atoms with van der Waals surface area (Å²) in [6.45, 7) is 4.94. The van der Waals surface area contributed by atoms with Gasteiger partial charge in [0.2, 0.25) is 0 Å².